The van der Waals surface area contributed by atoms with Crippen LogP contribution in [-0.4, -0.2) is 43.9 Å². The molecule has 6 aromatic rings. The Morgan fingerprint density at radius 1 is 0.867 bits per heavy atom. The quantitative estimate of drug-likeness (QED) is 0.160. The number of amides is 1. The first-order valence-corrected chi connectivity index (χ1v) is 14.4. The van der Waals surface area contributed by atoms with E-state index < -0.39 is 11.5 Å². The van der Waals surface area contributed by atoms with E-state index in [1.165, 1.54) is 7.11 Å². The maximum Gasteiger partial charge on any atom is 0.344 e. The molecule has 0 saturated heterocycles. The van der Waals surface area contributed by atoms with Gasteiger partial charge >= 0.3 is 5.63 Å². The molecule has 0 spiro atoms. The Labute approximate surface area is 259 Å². The normalized spacial score (nSPS) is 11.8. The van der Waals surface area contributed by atoms with Crippen molar-refractivity contribution >= 4 is 27.8 Å². The van der Waals surface area contributed by atoms with Crippen molar-refractivity contribution in [1.82, 2.24) is 10.3 Å². The van der Waals surface area contributed by atoms with Crippen molar-refractivity contribution in [2.45, 2.75) is 12.3 Å². The van der Waals surface area contributed by atoms with Crippen LogP contribution in [0.1, 0.15) is 38.7 Å². The van der Waals surface area contributed by atoms with E-state index in [9.17, 15) is 14.7 Å². The van der Waals surface area contributed by atoms with E-state index in [0.29, 0.717) is 40.3 Å². The average Bonchev–Trinajstić information content (AvgIpc) is 3.43. The molecule has 1 atom stereocenters. The standard InChI is InChI=1S/C36H32N2O7/c1-42-22-14-12-21(13-15-22)31(32-34(39)25-8-4-7-11-30(25)45-36(32)41)33-24(27-20-23(43-2)16-17-28(27)38-33)18-19-37-35(40)26-9-5-6-10-29(26)44-3/h4-17,20,31,38-39H,18-19H2,1-3H3,(H,37,40). The number of fused-ring (bicyclic) bond motifs is 2. The Morgan fingerprint density at radius 3 is 2.33 bits per heavy atom. The number of methoxy groups -OCH3 is 3. The van der Waals surface area contributed by atoms with Gasteiger partial charge in [0, 0.05) is 23.1 Å². The summed E-state index contributed by atoms with van der Waals surface area (Å²) in [5, 5.41) is 15.9. The number of carbonyl (C=O) groups excluding carboxylic acids is 1. The summed E-state index contributed by atoms with van der Waals surface area (Å²) in [6.45, 7) is 0.279. The fourth-order valence-electron chi connectivity index (χ4n) is 5.80. The number of nitrogens with one attached hydrogen (secondary N) is 2. The minimum Gasteiger partial charge on any atom is -0.507 e. The van der Waals surface area contributed by atoms with Gasteiger partial charge in [-0.15, -0.1) is 0 Å². The Hall–Kier alpha value is -5.70. The number of aromatic nitrogens is 1. The van der Waals surface area contributed by atoms with Gasteiger partial charge in [0.05, 0.1) is 43.8 Å². The summed E-state index contributed by atoms with van der Waals surface area (Å²) in [7, 11) is 4.70. The van der Waals surface area contributed by atoms with Crippen LogP contribution in [0.15, 0.2) is 100 Å². The predicted octanol–water partition coefficient (Wildman–Crippen LogP) is 6.16. The van der Waals surface area contributed by atoms with Crippen LogP contribution >= 0.6 is 0 Å². The van der Waals surface area contributed by atoms with Gasteiger partial charge in [-0.05, 0) is 72.1 Å². The summed E-state index contributed by atoms with van der Waals surface area (Å²) in [5.74, 6) is 0.593. The molecular formula is C36H32N2O7. The molecule has 0 aliphatic rings. The van der Waals surface area contributed by atoms with Gasteiger partial charge in [-0.1, -0.05) is 36.4 Å². The zero-order chi connectivity index (χ0) is 31.5. The zero-order valence-electron chi connectivity index (χ0n) is 25.0. The fourth-order valence-corrected chi connectivity index (χ4v) is 5.80. The maximum atomic E-state index is 13.7. The highest BCUT2D eigenvalue weighted by molar-refractivity contribution is 5.97. The molecule has 0 aliphatic carbocycles. The van der Waals surface area contributed by atoms with Crippen LogP contribution < -0.4 is 25.2 Å². The largest absolute Gasteiger partial charge is 0.507 e. The SMILES string of the molecule is COc1ccc(C(c2[nH]c3ccc(OC)cc3c2CCNC(=O)c2ccccc2OC)c2c(O)c3ccccc3oc2=O)cc1. The molecule has 2 aromatic heterocycles. The average molecular weight is 605 g/mol. The number of hydrogen-bond donors (Lipinski definition) is 3. The number of aromatic amines is 1. The molecule has 0 fully saturated rings. The minimum absolute atomic E-state index is 0.0942. The van der Waals surface area contributed by atoms with Crippen LogP contribution in [0.5, 0.6) is 23.0 Å². The van der Waals surface area contributed by atoms with Crippen molar-refractivity contribution < 1.29 is 28.5 Å². The minimum atomic E-state index is -0.755. The Balaban J connectivity index is 1.50. The number of para-hydroxylation sites is 2. The molecule has 9 heteroatoms. The smallest absolute Gasteiger partial charge is 0.344 e. The third-order valence-electron chi connectivity index (χ3n) is 8.00. The second-order valence-corrected chi connectivity index (χ2v) is 10.5. The van der Waals surface area contributed by atoms with Crippen molar-refractivity contribution in [2.75, 3.05) is 27.9 Å². The number of hydrogen-bond acceptors (Lipinski definition) is 7. The lowest BCUT2D eigenvalue weighted by Gasteiger charge is -2.20. The first-order chi connectivity index (χ1) is 21.9. The molecular weight excluding hydrogens is 572 g/mol. The van der Waals surface area contributed by atoms with Crippen LogP contribution in [0.3, 0.4) is 0 Å². The lowest BCUT2D eigenvalue weighted by atomic mass is 9.85. The van der Waals surface area contributed by atoms with Crippen LogP contribution in [-0.2, 0) is 6.42 Å². The molecule has 1 amide bonds. The second kappa shape index (κ2) is 12.5. The van der Waals surface area contributed by atoms with Gasteiger partial charge in [0.15, 0.2) is 0 Å². The van der Waals surface area contributed by atoms with Crippen molar-refractivity contribution in [3.05, 3.63) is 129 Å². The van der Waals surface area contributed by atoms with Crippen molar-refractivity contribution in [3.8, 4) is 23.0 Å². The van der Waals surface area contributed by atoms with E-state index >= 15 is 0 Å². The van der Waals surface area contributed by atoms with E-state index in [4.69, 9.17) is 18.6 Å². The lowest BCUT2D eigenvalue weighted by Crippen LogP contribution is -2.26. The van der Waals surface area contributed by atoms with E-state index in [-0.39, 0.29) is 29.3 Å². The molecule has 4 aromatic carbocycles. The molecule has 0 radical (unpaired) electrons. The molecule has 228 valence electrons. The van der Waals surface area contributed by atoms with Crippen LogP contribution in [0.2, 0.25) is 0 Å². The summed E-state index contributed by atoms with van der Waals surface area (Å²) in [6.07, 6.45) is 0.399. The third kappa shape index (κ3) is 5.56. The molecule has 0 bridgehead atoms. The molecule has 2 heterocycles. The van der Waals surface area contributed by atoms with Crippen molar-refractivity contribution in [2.24, 2.45) is 0 Å². The number of ether oxygens (including phenoxy) is 3. The monoisotopic (exact) mass is 604 g/mol. The molecule has 0 saturated carbocycles. The van der Waals surface area contributed by atoms with Crippen LogP contribution in [0.25, 0.3) is 21.9 Å². The van der Waals surface area contributed by atoms with Crippen LogP contribution in [0.4, 0.5) is 0 Å². The number of benzene rings is 4. The van der Waals surface area contributed by atoms with E-state index in [0.717, 1.165) is 22.0 Å². The zero-order valence-corrected chi connectivity index (χ0v) is 25.0. The molecule has 1 unspecified atom stereocenters. The first kappa shape index (κ1) is 29.4. The molecule has 3 N–H and O–H groups in total. The summed E-state index contributed by atoms with van der Waals surface area (Å²) in [5.41, 5.74) is 3.21. The third-order valence-corrected chi connectivity index (χ3v) is 8.00. The topological polar surface area (TPSA) is 123 Å². The highest BCUT2D eigenvalue weighted by atomic mass is 16.5. The number of carbonyl (C=O) groups is 1. The molecule has 9 nitrogen and oxygen atoms in total. The van der Waals surface area contributed by atoms with Gasteiger partial charge in [-0.3, -0.25) is 4.79 Å². The Morgan fingerprint density at radius 2 is 1.58 bits per heavy atom. The molecule has 6 rings (SSSR count). The predicted molar refractivity (Wildman–Crippen MR) is 172 cm³/mol. The van der Waals surface area contributed by atoms with Gasteiger partial charge in [0.1, 0.15) is 28.6 Å². The highest BCUT2D eigenvalue weighted by Crippen LogP contribution is 2.42. The van der Waals surface area contributed by atoms with Crippen molar-refractivity contribution in [1.29, 1.82) is 0 Å². The first-order valence-electron chi connectivity index (χ1n) is 14.4. The second-order valence-electron chi connectivity index (χ2n) is 10.5. The van der Waals surface area contributed by atoms with Crippen LogP contribution in [0, 0.1) is 0 Å². The molecule has 0 aliphatic heterocycles. The summed E-state index contributed by atoms with van der Waals surface area (Å²) in [4.78, 5) is 30.3. The lowest BCUT2D eigenvalue weighted by molar-refractivity contribution is 0.0951. The highest BCUT2D eigenvalue weighted by Gasteiger charge is 2.30. The fraction of sp³-hybridized carbons (Fsp3) is 0.167. The Bertz CT molecular complexity index is 2060. The van der Waals surface area contributed by atoms with Gasteiger partial charge < -0.3 is 34.0 Å². The number of rotatable bonds is 10. The van der Waals surface area contributed by atoms with Gasteiger partial charge in [0.2, 0.25) is 0 Å². The van der Waals surface area contributed by atoms with Gasteiger partial charge in [0.25, 0.3) is 5.91 Å². The van der Waals surface area contributed by atoms with E-state index in [2.05, 4.69) is 10.3 Å². The molecule has 45 heavy (non-hydrogen) atoms. The number of aromatic hydroxyl groups is 1. The van der Waals surface area contributed by atoms with E-state index in [1.807, 2.05) is 30.3 Å². The summed E-state index contributed by atoms with van der Waals surface area (Å²) < 4.78 is 22.0. The Kier molecular flexibility index (Phi) is 8.16. The maximum absolute atomic E-state index is 13.7. The van der Waals surface area contributed by atoms with Crippen molar-refractivity contribution in [3.63, 3.8) is 0 Å². The van der Waals surface area contributed by atoms with Gasteiger partial charge in [-0.25, -0.2) is 4.79 Å². The van der Waals surface area contributed by atoms with Gasteiger partial charge in [-0.2, -0.15) is 0 Å². The number of H-pyrrole nitrogens is 1. The summed E-state index contributed by atoms with van der Waals surface area (Å²) >= 11 is 0. The van der Waals surface area contributed by atoms with E-state index in [1.54, 1.807) is 74.9 Å². The summed E-state index contributed by atoms with van der Waals surface area (Å²) in [6, 6.07) is 26.9.